The van der Waals surface area contributed by atoms with E-state index in [0.717, 1.165) is 0 Å². The standard InChI is InChI=1S/C12H22O.Zn/c1-3-7-11(8-4-1)13-12-9-5-2-6-10-12;/h11-12H,1-10H2;. The van der Waals surface area contributed by atoms with Gasteiger partial charge in [0.1, 0.15) is 0 Å². The Morgan fingerprint density at radius 1 is 0.571 bits per heavy atom. The largest absolute Gasteiger partial charge is 0.375 e. The maximum atomic E-state index is 6.13. The molecule has 0 aromatic heterocycles. The third kappa shape index (κ3) is 3.99. The molecule has 2 saturated carbocycles. The number of ether oxygens (including phenoxy) is 1. The molecule has 0 aromatic rings. The molecule has 0 radical (unpaired) electrons. The predicted molar refractivity (Wildman–Crippen MR) is 54.8 cm³/mol. The second-order valence-corrected chi connectivity index (χ2v) is 4.66. The quantitative estimate of drug-likeness (QED) is 0.677. The van der Waals surface area contributed by atoms with Crippen LogP contribution in [0, 0.1) is 0 Å². The summed E-state index contributed by atoms with van der Waals surface area (Å²) in [6.45, 7) is 0. The summed E-state index contributed by atoms with van der Waals surface area (Å²) in [6, 6.07) is 0. The van der Waals surface area contributed by atoms with E-state index in [9.17, 15) is 0 Å². The van der Waals surface area contributed by atoms with Crippen molar-refractivity contribution in [2.45, 2.75) is 76.4 Å². The van der Waals surface area contributed by atoms with Crippen LogP contribution in [-0.4, -0.2) is 12.2 Å². The van der Waals surface area contributed by atoms with Gasteiger partial charge in [-0.2, -0.15) is 0 Å². The summed E-state index contributed by atoms with van der Waals surface area (Å²) in [7, 11) is 0. The van der Waals surface area contributed by atoms with E-state index in [-0.39, 0.29) is 19.5 Å². The van der Waals surface area contributed by atoms with Crippen LogP contribution in [0.5, 0.6) is 0 Å². The maximum absolute atomic E-state index is 6.13. The van der Waals surface area contributed by atoms with E-state index in [0.29, 0.717) is 12.2 Å². The van der Waals surface area contributed by atoms with Crippen molar-refractivity contribution in [2.24, 2.45) is 0 Å². The molecule has 0 aliphatic heterocycles. The molecule has 0 aromatic carbocycles. The third-order valence-electron chi connectivity index (χ3n) is 3.49. The van der Waals surface area contributed by atoms with Gasteiger partial charge in [-0.25, -0.2) is 0 Å². The zero-order valence-corrected chi connectivity index (χ0v) is 12.3. The molecule has 2 aliphatic rings. The second-order valence-electron chi connectivity index (χ2n) is 4.66. The predicted octanol–water partition coefficient (Wildman–Crippen LogP) is 3.67. The van der Waals surface area contributed by atoms with Crippen molar-refractivity contribution in [3.8, 4) is 0 Å². The van der Waals surface area contributed by atoms with E-state index in [1.54, 1.807) is 0 Å². The summed E-state index contributed by atoms with van der Waals surface area (Å²) in [5.41, 5.74) is 0. The zero-order chi connectivity index (χ0) is 8.93. The van der Waals surface area contributed by atoms with E-state index >= 15 is 0 Å². The molecule has 1 nitrogen and oxygen atoms in total. The van der Waals surface area contributed by atoms with Gasteiger partial charge in [-0.3, -0.25) is 0 Å². The Morgan fingerprint density at radius 3 is 1.29 bits per heavy atom. The van der Waals surface area contributed by atoms with Crippen molar-refractivity contribution in [1.82, 2.24) is 0 Å². The number of hydrogen-bond donors (Lipinski definition) is 0. The van der Waals surface area contributed by atoms with Gasteiger partial charge in [0, 0.05) is 19.5 Å². The van der Waals surface area contributed by atoms with Gasteiger partial charge < -0.3 is 4.74 Å². The molecule has 0 spiro atoms. The van der Waals surface area contributed by atoms with Gasteiger partial charge in [0.05, 0.1) is 12.2 Å². The van der Waals surface area contributed by atoms with Crippen molar-refractivity contribution < 1.29 is 24.2 Å². The van der Waals surface area contributed by atoms with Crippen LogP contribution in [0.3, 0.4) is 0 Å². The van der Waals surface area contributed by atoms with Crippen LogP contribution in [0.1, 0.15) is 64.2 Å². The molecule has 2 fully saturated rings. The van der Waals surface area contributed by atoms with Crippen molar-refractivity contribution in [3.05, 3.63) is 0 Å². The molecule has 0 amide bonds. The molecule has 2 rings (SSSR count). The minimum atomic E-state index is 0. The number of rotatable bonds is 2. The fraction of sp³-hybridized carbons (Fsp3) is 1.00. The minimum absolute atomic E-state index is 0. The van der Waals surface area contributed by atoms with Crippen molar-refractivity contribution in [2.75, 3.05) is 0 Å². The summed E-state index contributed by atoms with van der Waals surface area (Å²) in [5.74, 6) is 0. The van der Waals surface area contributed by atoms with Gasteiger partial charge in [0.2, 0.25) is 0 Å². The van der Waals surface area contributed by atoms with E-state index in [4.69, 9.17) is 4.74 Å². The van der Waals surface area contributed by atoms with Crippen molar-refractivity contribution in [1.29, 1.82) is 0 Å². The number of hydrogen-bond acceptors (Lipinski definition) is 1. The van der Waals surface area contributed by atoms with Gasteiger partial charge >= 0.3 is 0 Å². The third-order valence-corrected chi connectivity index (χ3v) is 3.49. The van der Waals surface area contributed by atoms with E-state index in [1.165, 1.54) is 64.2 Å². The Hall–Kier alpha value is 0.583. The Bertz CT molecular complexity index is 121. The fourth-order valence-corrected chi connectivity index (χ4v) is 2.67. The summed E-state index contributed by atoms with van der Waals surface area (Å²) in [5, 5.41) is 0. The van der Waals surface area contributed by atoms with Crippen LogP contribution in [0.4, 0.5) is 0 Å². The molecular formula is C12H22OZn. The first-order chi connectivity index (χ1) is 6.45. The van der Waals surface area contributed by atoms with Gasteiger partial charge in [-0.15, -0.1) is 0 Å². The molecule has 2 aliphatic carbocycles. The van der Waals surface area contributed by atoms with Crippen LogP contribution < -0.4 is 0 Å². The van der Waals surface area contributed by atoms with E-state index < -0.39 is 0 Å². The summed E-state index contributed by atoms with van der Waals surface area (Å²) < 4.78 is 6.13. The molecule has 0 N–H and O–H groups in total. The summed E-state index contributed by atoms with van der Waals surface area (Å²) in [4.78, 5) is 0. The first-order valence-electron chi connectivity index (χ1n) is 6.10. The SMILES string of the molecule is C1CCC(OC2CCCCC2)CC1.[Zn]. The first kappa shape index (κ1) is 12.7. The first-order valence-corrected chi connectivity index (χ1v) is 6.10. The topological polar surface area (TPSA) is 9.23 Å². The maximum Gasteiger partial charge on any atom is 0.0578 e. The van der Waals surface area contributed by atoms with E-state index in [2.05, 4.69) is 0 Å². The molecule has 14 heavy (non-hydrogen) atoms. The smallest absolute Gasteiger partial charge is 0.0578 e. The molecule has 0 saturated heterocycles. The van der Waals surface area contributed by atoms with Crippen LogP contribution in [0.15, 0.2) is 0 Å². The van der Waals surface area contributed by atoms with Crippen LogP contribution >= 0.6 is 0 Å². The van der Waals surface area contributed by atoms with Gasteiger partial charge in [-0.1, -0.05) is 38.5 Å². The normalized spacial score (nSPS) is 25.7. The molecule has 0 heterocycles. The van der Waals surface area contributed by atoms with Crippen molar-refractivity contribution >= 4 is 0 Å². The van der Waals surface area contributed by atoms with Crippen molar-refractivity contribution in [3.63, 3.8) is 0 Å². The monoisotopic (exact) mass is 246 g/mol. The molecule has 0 atom stereocenters. The summed E-state index contributed by atoms with van der Waals surface area (Å²) in [6.07, 6.45) is 15.0. The van der Waals surface area contributed by atoms with Crippen LogP contribution in [0.25, 0.3) is 0 Å². The van der Waals surface area contributed by atoms with Gasteiger partial charge in [0.15, 0.2) is 0 Å². The fourth-order valence-electron chi connectivity index (χ4n) is 2.67. The van der Waals surface area contributed by atoms with E-state index in [1.807, 2.05) is 0 Å². The average molecular weight is 248 g/mol. The Morgan fingerprint density at radius 2 is 0.929 bits per heavy atom. The molecule has 0 unspecified atom stereocenters. The van der Waals surface area contributed by atoms with Crippen LogP contribution in [0.2, 0.25) is 0 Å². The zero-order valence-electron chi connectivity index (χ0n) is 9.34. The van der Waals surface area contributed by atoms with Gasteiger partial charge in [-0.05, 0) is 25.7 Å². The molecule has 78 valence electrons. The Balaban J connectivity index is 0.000000980. The second kappa shape index (κ2) is 6.96. The Labute approximate surface area is 101 Å². The van der Waals surface area contributed by atoms with Gasteiger partial charge in [0.25, 0.3) is 0 Å². The molecule has 2 heteroatoms. The summed E-state index contributed by atoms with van der Waals surface area (Å²) >= 11 is 0. The molecular weight excluding hydrogens is 226 g/mol. The molecule has 0 bridgehead atoms. The minimum Gasteiger partial charge on any atom is -0.375 e. The van der Waals surface area contributed by atoms with Crippen LogP contribution in [-0.2, 0) is 24.2 Å². The Kier molecular flexibility index (Phi) is 6.29. The average Bonchev–Trinajstić information content (AvgIpc) is 2.21.